The number of rotatable bonds is 7. The van der Waals surface area contributed by atoms with E-state index in [2.05, 4.69) is 5.32 Å². The van der Waals surface area contributed by atoms with Gasteiger partial charge in [0.25, 0.3) is 0 Å². The lowest BCUT2D eigenvalue weighted by Gasteiger charge is -2.39. The fourth-order valence-corrected chi connectivity index (χ4v) is 2.96. The minimum atomic E-state index is -1.34. The van der Waals surface area contributed by atoms with Crippen LogP contribution in [0.3, 0.4) is 0 Å². The molecule has 1 heterocycles. The molecule has 0 saturated carbocycles. The van der Waals surface area contributed by atoms with Crippen LogP contribution in [0.25, 0.3) is 0 Å². The van der Waals surface area contributed by atoms with E-state index < -0.39 is 34.9 Å². The Morgan fingerprint density at radius 2 is 1.73 bits per heavy atom. The van der Waals surface area contributed by atoms with Crippen molar-refractivity contribution in [1.29, 1.82) is 0 Å². The predicted molar refractivity (Wildman–Crippen MR) is 106 cm³/mol. The van der Waals surface area contributed by atoms with E-state index in [1.165, 1.54) is 31.1 Å². The van der Waals surface area contributed by atoms with Crippen molar-refractivity contribution in [2.24, 2.45) is 0 Å². The molecular weight excluding hydrogens is 395 g/mol. The van der Waals surface area contributed by atoms with E-state index in [1.54, 1.807) is 32.9 Å². The van der Waals surface area contributed by atoms with Crippen LogP contribution in [0.1, 0.15) is 33.3 Å². The molecule has 1 unspecified atom stereocenters. The molecule has 0 spiro atoms. The molecule has 1 saturated heterocycles. The van der Waals surface area contributed by atoms with Gasteiger partial charge in [-0.3, -0.25) is 4.79 Å². The molecule has 1 atom stereocenters. The first-order valence-electron chi connectivity index (χ1n) is 9.65. The number of amides is 2. The number of esters is 1. The number of carbonyl (C=O) groups is 3. The summed E-state index contributed by atoms with van der Waals surface area (Å²) in [6.45, 7) is 7.27. The first-order valence-corrected chi connectivity index (χ1v) is 9.65. The second-order valence-electron chi connectivity index (χ2n) is 8.49. The molecule has 0 radical (unpaired) electrons. The topological polar surface area (TPSA) is 94.2 Å². The Balaban J connectivity index is 1.84. The van der Waals surface area contributed by atoms with Gasteiger partial charge in [-0.25, -0.2) is 14.0 Å². The summed E-state index contributed by atoms with van der Waals surface area (Å²) in [6, 6.07) is 5.65. The van der Waals surface area contributed by atoms with Crippen LogP contribution in [0, 0.1) is 5.82 Å². The maximum Gasteiger partial charge on any atom is 0.410 e. The first-order chi connectivity index (χ1) is 13.9. The maximum absolute atomic E-state index is 13.1. The molecule has 0 aliphatic carbocycles. The molecule has 0 bridgehead atoms. The van der Waals surface area contributed by atoms with E-state index in [4.69, 9.17) is 14.2 Å². The monoisotopic (exact) mass is 424 g/mol. The molecule has 1 N–H and O–H groups in total. The standard InChI is InChI=1S/C21H29FN2O6/c1-20(2,3)30-19(27)24-11-16(12-24)29-13-17(25)23-21(4,18(26)28-5)10-14-6-8-15(22)9-7-14/h6-9,16H,10-13H2,1-5H3,(H,23,25). The average molecular weight is 424 g/mol. The second-order valence-corrected chi connectivity index (χ2v) is 8.49. The fraction of sp³-hybridized carbons (Fsp3) is 0.571. The van der Waals surface area contributed by atoms with Gasteiger partial charge in [0, 0.05) is 6.42 Å². The lowest BCUT2D eigenvalue weighted by molar-refractivity contribution is -0.151. The molecule has 0 aromatic heterocycles. The Morgan fingerprint density at radius 1 is 1.13 bits per heavy atom. The molecule has 30 heavy (non-hydrogen) atoms. The van der Waals surface area contributed by atoms with Crippen molar-refractivity contribution < 1.29 is 33.0 Å². The van der Waals surface area contributed by atoms with Gasteiger partial charge < -0.3 is 24.4 Å². The predicted octanol–water partition coefficient (Wildman–Crippen LogP) is 2.05. The summed E-state index contributed by atoms with van der Waals surface area (Å²) in [7, 11) is 1.23. The van der Waals surface area contributed by atoms with Crippen molar-refractivity contribution in [3.63, 3.8) is 0 Å². The number of benzene rings is 1. The Kier molecular flexibility index (Phi) is 7.41. The summed E-state index contributed by atoms with van der Waals surface area (Å²) in [5, 5.41) is 2.64. The van der Waals surface area contributed by atoms with Crippen LogP contribution in [0.15, 0.2) is 24.3 Å². The molecule has 2 amide bonds. The zero-order valence-electron chi connectivity index (χ0n) is 18.0. The van der Waals surface area contributed by atoms with Crippen LogP contribution in [0.4, 0.5) is 9.18 Å². The zero-order valence-corrected chi connectivity index (χ0v) is 18.0. The summed E-state index contributed by atoms with van der Waals surface area (Å²) in [5.74, 6) is -1.52. The summed E-state index contributed by atoms with van der Waals surface area (Å²) in [5.41, 5.74) is -1.25. The van der Waals surface area contributed by atoms with Gasteiger partial charge in [0.2, 0.25) is 5.91 Å². The fourth-order valence-electron chi connectivity index (χ4n) is 2.96. The highest BCUT2D eigenvalue weighted by Gasteiger charge is 2.38. The highest BCUT2D eigenvalue weighted by atomic mass is 19.1. The van der Waals surface area contributed by atoms with E-state index in [-0.39, 0.29) is 19.1 Å². The zero-order chi connectivity index (χ0) is 22.5. The number of likely N-dealkylation sites (tertiary alicyclic amines) is 1. The van der Waals surface area contributed by atoms with E-state index in [0.717, 1.165) is 0 Å². The quantitative estimate of drug-likeness (QED) is 0.674. The summed E-state index contributed by atoms with van der Waals surface area (Å²) in [6.07, 6.45) is -0.587. The SMILES string of the molecule is COC(=O)C(C)(Cc1ccc(F)cc1)NC(=O)COC1CN(C(=O)OC(C)(C)C)C1. The molecule has 2 rings (SSSR count). The Labute approximate surface area is 175 Å². The summed E-state index contributed by atoms with van der Waals surface area (Å²) >= 11 is 0. The van der Waals surface area contributed by atoms with Crippen molar-refractivity contribution in [2.45, 2.75) is 51.4 Å². The minimum absolute atomic E-state index is 0.127. The van der Waals surface area contributed by atoms with Crippen molar-refractivity contribution in [3.8, 4) is 0 Å². The van der Waals surface area contributed by atoms with Gasteiger partial charge in [-0.15, -0.1) is 0 Å². The van der Waals surface area contributed by atoms with Crippen LogP contribution >= 0.6 is 0 Å². The molecule has 1 aliphatic rings. The summed E-state index contributed by atoms with van der Waals surface area (Å²) in [4.78, 5) is 38.0. The molecule has 166 valence electrons. The van der Waals surface area contributed by atoms with Crippen molar-refractivity contribution >= 4 is 18.0 Å². The molecule has 1 aliphatic heterocycles. The van der Waals surface area contributed by atoms with Crippen LogP contribution in [0.2, 0.25) is 0 Å². The van der Waals surface area contributed by atoms with E-state index in [0.29, 0.717) is 18.7 Å². The van der Waals surface area contributed by atoms with Gasteiger partial charge >= 0.3 is 12.1 Å². The number of carbonyl (C=O) groups excluding carboxylic acids is 3. The molecule has 1 aromatic carbocycles. The number of nitrogens with zero attached hydrogens (tertiary/aromatic N) is 1. The van der Waals surface area contributed by atoms with Gasteiger partial charge in [0.1, 0.15) is 23.6 Å². The first kappa shape index (κ1) is 23.6. The number of hydrogen-bond donors (Lipinski definition) is 1. The molecule has 1 aromatic rings. The molecule has 8 nitrogen and oxygen atoms in total. The molecular formula is C21H29FN2O6. The van der Waals surface area contributed by atoms with Gasteiger partial charge in [0.15, 0.2) is 0 Å². The normalized spacial score (nSPS) is 16.3. The van der Waals surface area contributed by atoms with Crippen molar-refractivity contribution in [3.05, 3.63) is 35.6 Å². The Morgan fingerprint density at radius 3 is 2.27 bits per heavy atom. The van der Waals surface area contributed by atoms with Gasteiger partial charge in [-0.2, -0.15) is 0 Å². The highest BCUT2D eigenvalue weighted by Crippen LogP contribution is 2.18. The van der Waals surface area contributed by atoms with Gasteiger partial charge in [-0.1, -0.05) is 12.1 Å². The van der Waals surface area contributed by atoms with Crippen molar-refractivity contribution in [2.75, 3.05) is 26.8 Å². The Hall–Kier alpha value is -2.68. The third kappa shape index (κ3) is 6.69. The van der Waals surface area contributed by atoms with Crippen LogP contribution in [0.5, 0.6) is 0 Å². The van der Waals surface area contributed by atoms with Crippen LogP contribution < -0.4 is 5.32 Å². The van der Waals surface area contributed by atoms with E-state index in [1.807, 2.05) is 0 Å². The number of halogens is 1. The minimum Gasteiger partial charge on any atom is -0.467 e. The van der Waals surface area contributed by atoms with Gasteiger partial charge in [-0.05, 0) is 45.4 Å². The largest absolute Gasteiger partial charge is 0.467 e. The Bertz CT molecular complexity index is 771. The number of methoxy groups -OCH3 is 1. The van der Waals surface area contributed by atoms with Crippen LogP contribution in [-0.4, -0.2) is 66.9 Å². The van der Waals surface area contributed by atoms with Crippen LogP contribution in [-0.2, 0) is 30.2 Å². The lowest BCUT2D eigenvalue weighted by Crippen LogP contribution is -2.58. The van der Waals surface area contributed by atoms with E-state index >= 15 is 0 Å². The molecule has 9 heteroatoms. The summed E-state index contributed by atoms with van der Waals surface area (Å²) < 4.78 is 28.7. The third-order valence-corrected chi connectivity index (χ3v) is 4.47. The lowest BCUT2D eigenvalue weighted by atomic mass is 9.92. The smallest absolute Gasteiger partial charge is 0.410 e. The van der Waals surface area contributed by atoms with Crippen molar-refractivity contribution in [1.82, 2.24) is 10.2 Å². The highest BCUT2D eigenvalue weighted by molar-refractivity contribution is 5.88. The second kappa shape index (κ2) is 9.42. The maximum atomic E-state index is 13.1. The average Bonchev–Trinajstić information content (AvgIpc) is 2.60. The number of ether oxygens (including phenoxy) is 3. The number of nitrogens with one attached hydrogen (secondary N) is 1. The molecule has 1 fully saturated rings. The van der Waals surface area contributed by atoms with Gasteiger partial charge in [0.05, 0.1) is 26.3 Å². The van der Waals surface area contributed by atoms with E-state index in [9.17, 15) is 18.8 Å². The number of hydrogen-bond acceptors (Lipinski definition) is 6. The third-order valence-electron chi connectivity index (χ3n) is 4.47.